The number of hydrogen-bond donors (Lipinski definition) is 3. The molecule has 1 heterocycles. The van der Waals surface area contributed by atoms with Crippen molar-refractivity contribution in [3.05, 3.63) is 35.7 Å². The molecule has 0 spiro atoms. The number of hydrogen-bond acceptors (Lipinski definition) is 6. The fraction of sp³-hybridized carbons (Fsp3) is 0.467. The van der Waals surface area contributed by atoms with Gasteiger partial charge >= 0.3 is 6.09 Å². The molecule has 1 unspecified atom stereocenters. The van der Waals surface area contributed by atoms with E-state index in [0.29, 0.717) is 25.2 Å². The lowest BCUT2D eigenvalue weighted by molar-refractivity contribution is 0.189. The van der Waals surface area contributed by atoms with E-state index in [4.69, 9.17) is 14.9 Å². The minimum Gasteiger partial charge on any atom is -0.497 e. The number of carbonyl (C=O) groups is 1. The van der Waals surface area contributed by atoms with Gasteiger partial charge in [0.15, 0.2) is 5.82 Å². The summed E-state index contributed by atoms with van der Waals surface area (Å²) in [5, 5.41) is 32.4. The average Bonchev–Trinajstić information content (AvgIpc) is 3.04. The topological polar surface area (TPSA) is 122 Å². The van der Waals surface area contributed by atoms with Gasteiger partial charge in [0.25, 0.3) is 0 Å². The first kappa shape index (κ1) is 17.7. The highest BCUT2D eigenvalue weighted by molar-refractivity contribution is 5.65. The summed E-state index contributed by atoms with van der Waals surface area (Å²) < 4.78 is 5.11. The molecule has 1 amide bonds. The van der Waals surface area contributed by atoms with Gasteiger partial charge in [-0.05, 0) is 35.8 Å². The molecule has 1 atom stereocenters. The van der Waals surface area contributed by atoms with Crippen molar-refractivity contribution >= 4 is 6.09 Å². The SMILES string of the molecule is COc1ccc(CC(NC(=O)O)c2nnn(CCCCO)n2)cc1. The zero-order valence-corrected chi connectivity index (χ0v) is 13.4. The Hall–Kier alpha value is -2.68. The number of tetrazole rings is 1. The van der Waals surface area contributed by atoms with Gasteiger partial charge in [-0.15, -0.1) is 10.2 Å². The van der Waals surface area contributed by atoms with Crippen molar-refractivity contribution in [3.8, 4) is 5.75 Å². The molecule has 130 valence electrons. The summed E-state index contributed by atoms with van der Waals surface area (Å²) in [4.78, 5) is 12.5. The summed E-state index contributed by atoms with van der Waals surface area (Å²) >= 11 is 0. The number of aryl methyl sites for hydroxylation is 1. The molecular formula is C15H21N5O4. The van der Waals surface area contributed by atoms with Gasteiger partial charge in [0, 0.05) is 13.0 Å². The zero-order chi connectivity index (χ0) is 17.4. The zero-order valence-electron chi connectivity index (χ0n) is 13.4. The van der Waals surface area contributed by atoms with Crippen molar-refractivity contribution in [3.63, 3.8) is 0 Å². The maximum atomic E-state index is 11.0. The number of aliphatic hydroxyl groups is 1. The first-order valence-corrected chi connectivity index (χ1v) is 7.63. The van der Waals surface area contributed by atoms with E-state index in [1.807, 2.05) is 24.3 Å². The molecule has 0 fully saturated rings. The standard InChI is InChI=1S/C15H21N5O4/c1-24-12-6-4-11(5-7-12)10-13(16-15(22)23)14-17-19-20(18-14)8-2-3-9-21/h4-7,13,16,21H,2-3,8-10H2,1H3,(H,22,23). The van der Waals surface area contributed by atoms with Crippen LogP contribution in [0.1, 0.15) is 30.3 Å². The second-order valence-corrected chi connectivity index (χ2v) is 5.23. The second-order valence-electron chi connectivity index (χ2n) is 5.23. The number of nitrogens with zero attached hydrogens (tertiary/aromatic N) is 4. The fourth-order valence-electron chi connectivity index (χ4n) is 2.21. The molecule has 1 aromatic carbocycles. The Balaban J connectivity index is 2.08. The van der Waals surface area contributed by atoms with Crippen LogP contribution in [0.3, 0.4) is 0 Å². The molecule has 2 rings (SSSR count). The molecule has 2 aromatic rings. The Morgan fingerprint density at radius 1 is 1.33 bits per heavy atom. The highest BCUT2D eigenvalue weighted by Crippen LogP contribution is 2.18. The fourth-order valence-corrected chi connectivity index (χ4v) is 2.21. The summed E-state index contributed by atoms with van der Waals surface area (Å²) in [6, 6.07) is 6.75. The van der Waals surface area contributed by atoms with Crippen molar-refractivity contribution in [1.82, 2.24) is 25.5 Å². The number of aliphatic hydroxyl groups excluding tert-OH is 1. The van der Waals surface area contributed by atoms with Gasteiger partial charge in [-0.3, -0.25) is 0 Å². The molecule has 0 saturated heterocycles. The van der Waals surface area contributed by atoms with Crippen LogP contribution in [0.4, 0.5) is 4.79 Å². The quantitative estimate of drug-likeness (QED) is 0.584. The summed E-state index contributed by atoms with van der Waals surface area (Å²) in [6.45, 7) is 0.637. The van der Waals surface area contributed by atoms with Gasteiger partial charge in [-0.1, -0.05) is 12.1 Å². The van der Waals surface area contributed by atoms with E-state index >= 15 is 0 Å². The van der Waals surface area contributed by atoms with Crippen LogP contribution in [0.5, 0.6) is 5.75 Å². The van der Waals surface area contributed by atoms with Crippen LogP contribution < -0.4 is 10.1 Å². The average molecular weight is 335 g/mol. The van der Waals surface area contributed by atoms with Gasteiger partial charge in [-0.2, -0.15) is 4.80 Å². The molecule has 0 aliphatic heterocycles. The molecule has 3 N–H and O–H groups in total. The highest BCUT2D eigenvalue weighted by Gasteiger charge is 2.20. The molecule has 0 saturated carbocycles. The van der Waals surface area contributed by atoms with E-state index in [1.54, 1.807) is 7.11 Å². The maximum absolute atomic E-state index is 11.0. The lowest BCUT2D eigenvalue weighted by atomic mass is 10.1. The number of nitrogens with one attached hydrogen (secondary N) is 1. The van der Waals surface area contributed by atoms with Crippen LogP contribution in [0, 0.1) is 0 Å². The third kappa shape index (κ3) is 5.20. The van der Waals surface area contributed by atoms with Crippen LogP contribution in [0.2, 0.25) is 0 Å². The van der Waals surface area contributed by atoms with E-state index in [2.05, 4.69) is 20.7 Å². The van der Waals surface area contributed by atoms with Crippen molar-refractivity contribution in [2.24, 2.45) is 0 Å². The van der Waals surface area contributed by atoms with E-state index in [9.17, 15) is 4.79 Å². The highest BCUT2D eigenvalue weighted by atomic mass is 16.5. The Kier molecular flexibility index (Phi) is 6.50. The van der Waals surface area contributed by atoms with Gasteiger partial charge in [-0.25, -0.2) is 4.79 Å². The normalized spacial score (nSPS) is 11.9. The van der Waals surface area contributed by atoms with Gasteiger partial charge in [0.2, 0.25) is 0 Å². The smallest absolute Gasteiger partial charge is 0.405 e. The lowest BCUT2D eigenvalue weighted by Crippen LogP contribution is -2.29. The van der Waals surface area contributed by atoms with E-state index in [1.165, 1.54) is 4.80 Å². The predicted octanol–water partition coefficient (Wildman–Crippen LogP) is 1.01. The van der Waals surface area contributed by atoms with Crippen molar-refractivity contribution in [1.29, 1.82) is 0 Å². The third-order valence-electron chi connectivity index (χ3n) is 3.44. The molecule has 0 radical (unpaired) electrons. The van der Waals surface area contributed by atoms with E-state index < -0.39 is 12.1 Å². The third-order valence-corrected chi connectivity index (χ3v) is 3.44. The Bertz CT molecular complexity index is 644. The number of benzene rings is 1. The molecule has 0 aliphatic rings. The van der Waals surface area contributed by atoms with Crippen LogP contribution in [-0.2, 0) is 13.0 Å². The number of methoxy groups -OCH3 is 1. The van der Waals surface area contributed by atoms with E-state index in [0.717, 1.165) is 17.7 Å². The number of amides is 1. The monoisotopic (exact) mass is 335 g/mol. The second kappa shape index (κ2) is 8.82. The first-order chi connectivity index (χ1) is 11.6. The number of rotatable bonds is 9. The summed E-state index contributed by atoms with van der Waals surface area (Å²) in [5.41, 5.74) is 0.922. The number of ether oxygens (including phenoxy) is 1. The van der Waals surface area contributed by atoms with Crippen LogP contribution >= 0.6 is 0 Å². The Labute approximate surface area is 139 Å². The lowest BCUT2D eigenvalue weighted by Gasteiger charge is -2.13. The number of aromatic nitrogens is 4. The molecule has 24 heavy (non-hydrogen) atoms. The molecule has 9 heteroatoms. The first-order valence-electron chi connectivity index (χ1n) is 7.63. The summed E-state index contributed by atoms with van der Waals surface area (Å²) in [6.07, 6.45) is 0.630. The number of carboxylic acid groups (broad SMARTS) is 1. The predicted molar refractivity (Wildman–Crippen MR) is 84.7 cm³/mol. The maximum Gasteiger partial charge on any atom is 0.405 e. The molecule has 1 aromatic heterocycles. The van der Waals surface area contributed by atoms with E-state index in [-0.39, 0.29) is 6.61 Å². The van der Waals surface area contributed by atoms with Crippen molar-refractivity contribution in [2.45, 2.75) is 31.8 Å². The molecule has 0 bridgehead atoms. The minimum atomic E-state index is -1.15. The van der Waals surface area contributed by atoms with Crippen molar-refractivity contribution in [2.75, 3.05) is 13.7 Å². The van der Waals surface area contributed by atoms with Gasteiger partial charge in [0.05, 0.1) is 13.7 Å². The van der Waals surface area contributed by atoms with Crippen LogP contribution in [-0.4, -0.2) is 50.2 Å². The summed E-state index contributed by atoms with van der Waals surface area (Å²) in [7, 11) is 1.59. The van der Waals surface area contributed by atoms with Crippen LogP contribution in [0.15, 0.2) is 24.3 Å². The molecule has 0 aliphatic carbocycles. The van der Waals surface area contributed by atoms with Crippen LogP contribution in [0.25, 0.3) is 0 Å². The summed E-state index contributed by atoms with van der Waals surface area (Å²) in [5.74, 6) is 1.05. The molecule has 9 nitrogen and oxygen atoms in total. The Morgan fingerprint density at radius 2 is 2.08 bits per heavy atom. The number of unbranched alkanes of at least 4 members (excludes halogenated alkanes) is 1. The van der Waals surface area contributed by atoms with Gasteiger partial charge in [0.1, 0.15) is 11.8 Å². The molecular weight excluding hydrogens is 314 g/mol. The Morgan fingerprint density at radius 3 is 2.71 bits per heavy atom. The largest absolute Gasteiger partial charge is 0.497 e. The minimum absolute atomic E-state index is 0.113. The van der Waals surface area contributed by atoms with Crippen molar-refractivity contribution < 1.29 is 19.7 Å². The van der Waals surface area contributed by atoms with Gasteiger partial charge < -0.3 is 20.3 Å².